The van der Waals surface area contributed by atoms with E-state index in [1.165, 1.54) is 44.9 Å². The third-order valence-electron chi connectivity index (χ3n) is 12.0. The summed E-state index contributed by atoms with van der Waals surface area (Å²) in [7, 11) is 0. The van der Waals surface area contributed by atoms with Gasteiger partial charge in [-0.25, -0.2) is 0 Å². The van der Waals surface area contributed by atoms with Gasteiger partial charge in [-0.2, -0.15) is 0 Å². The Morgan fingerprint density at radius 2 is 0.857 bits per heavy atom. The first-order valence-corrected chi connectivity index (χ1v) is 17.8. The van der Waals surface area contributed by atoms with Crippen molar-refractivity contribution < 1.29 is 9.47 Å². The van der Waals surface area contributed by atoms with Crippen molar-refractivity contribution >= 4 is 0 Å². The Labute approximate surface area is 265 Å². The van der Waals surface area contributed by atoms with Gasteiger partial charge in [0, 0.05) is 5.41 Å². The van der Waals surface area contributed by atoms with E-state index in [2.05, 4.69) is 125 Å². The minimum atomic E-state index is 0.308. The molecule has 4 fully saturated rings. The molecule has 0 aromatic rings. The Morgan fingerprint density at radius 3 is 1.07 bits per heavy atom. The molecule has 0 amide bonds. The van der Waals surface area contributed by atoms with E-state index in [-0.39, 0.29) is 0 Å². The molecule has 5 atom stereocenters. The molecule has 2 saturated carbocycles. The molecular formula is C40H78O2. The van der Waals surface area contributed by atoms with Crippen molar-refractivity contribution in [3.63, 3.8) is 0 Å². The van der Waals surface area contributed by atoms with Crippen LogP contribution in [0.2, 0.25) is 0 Å². The molecule has 0 aromatic heterocycles. The molecular weight excluding hydrogens is 512 g/mol. The minimum Gasteiger partial charge on any atom is -0.377 e. The summed E-state index contributed by atoms with van der Waals surface area (Å²) in [6, 6.07) is 0. The van der Waals surface area contributed by atoms with Gasteiger partial charge in [-0.05, 0) is 101 Å². The summed E-state index contributed by atoms with van der Waals surface area (Å²) >= 11 is 0. The van der Waals surface area contributed by atoms with E-state index >= 15 is 0 Å². The highest BCUT2D eigenvalue weighted by Crippen LogP contribution is 2.70. The van der Waals surface area contributed by atoms with Gasteiger partial charge < -0.3 is 9.47 Å². The van der Waals surface area contributed by atoms with Crippen LogP contribution in [0.4, 0.5) is 0 Å². The molecule has 0 aromatic carbocycles. The van der Waals surface area contributed by atoms with E-state index in [4.69, 9.17) is 9.47 Å². The molecule has 0 bridgehead atoms. The second kappa shape index (κ2) is 13.0. The molecule has 4 rings (SSSR count). The third-order valence-corrected chi connectivity index (χ3v) is 12.0. The molecule has 2 saturated heterocycles. The van der Waals surface area contributed by atoms with Gasteiger partial charge in [0.1, 0.15) is 0 Å². The van der Waals surface area contributed by atoms with Gasteiger partial charge in [-0.3, -0.25) is 0 Å². The zero-order chi connectivity index (χ0) is 32.7. The fraction of sp³-hybridized carbons (Fsp3) is 1.00. The largest absolute Gasteiger partial charge is 0.377 e. The number of rotatable bonds is 0. The first-order chi connectivity index (χ1) is 18.6. The molecule has 0 spiro atoms. The standard InChI is InChI=1S/C14H28.C13H24O.C13H26O/c1-13(2,3)11-7-9-12(10-8-11)14(4,5)6;1-11(2,3)10-9-7-13(9,8-14-10)12(4,5)6;1-12(2,3)10-7-8-11(14-9-10)13(4,5)6/h11-12H,7-10H2,1-6H3;9-10H,7-8H2,1-6H3;10-11H,7-9H2,1-6H3. The van der Waals surface area contributed by atoms with Crippen molar-refractivity contribution in [2.75, 3.05) is 13.2 Å². The maximum absolute atomic E-state index is 6.01. The van der Waals surface area contributed by atoms with E-state index in [0.717, 1.165) is 36.9 Å². The first kappa shape index (κ1) is 38.1. The second-order valence-corrected chi connectivity index (χ2v) is 21.4. The fourth-order valence-electron chi connectivity index (χ4n) is 8.13. The number of ether oxygens (including phenoxy) is 2. The Kier molecular flexibility index (Phi) is 11.8. The van der Waals surface area contributed by atoms with Crippen LogP contribution in [0.3, 0.4) is 0 Å². The number of hydrogen-bond acceptors (Lipinski definition) is 2. The lowest BCUT2D eigenvalue weighted by molar-refractivity contribution is -0.0908. The lowest BCUT2D eigenvalue weighted by atomic mass is 9.64. The summed E-state index contributed by atoms with van der Waals surface area (Å²) in [6.45, 7) is 44.1. The van der Waals surface area contributed by atoms with Crippen LogP contribution in [-0.2, 0) is 9.47 Å². The summed E-state index contributed by atoms with van der Waals surface area (Å²) < 4.78 is 12.0. The highest BCUT2D eigenvalue weighted by atomic mass is 16.5. The van der Waals surface area contributed by atoms with Gasteiger partial charge in [0.15, 0.2) is 0 Å². The van der Waals surface area contributed by atoms with E-state index in [9.17, 15) is 0 Å². The maximum Gasteiger partial charge on any atom is 0.0658 e. The predicted molar refractivity (Wildman–Crippen MR) is 185 cm³/mol. The molecule has 0 N–H and O–H groups in total. The van der Waals surface area contributed by atoms with E-state index in [1.807, 2.05) is 0 Å². The SMILES string of the molecule is CC(C)(C)C1CCC(C(C)(C)C)CC1.CC(C)(C)C1CCC(C(C)(C)C)OC1.CC(C)(C)C1OCC2(C(C)(C)C)CC12. The topological polar surface area (TPSA) is 18.5 Å². The van der Waals surface area contributed by atoms with Crippen molar-refractivity contribution in [1.29, 1.82) is 0 Å². The molecule has 250 valence electrons. The average molecular weight is 591 g/mol. The molecule has 2 heteroatoms. The molecule has 42 heavy (non-hydrogen) atoms. The van der Waals surface area contributed by atoms with E-state index in [1.54, 1.807) is 0 Å². The van der Waals surface area contributed by atoms with Crippen molar-refractivity contribution in [1.82, 2.24) is 0 Å². The van der Waals surface area contributed by atoms with Crippen LogP contribution in [0, 0.1) is 61.6 Å². The van der Waals surface area contributed by atoms with Gasteiger partial charge in [0.05, 0.1) is 25.4 Å². The Bertz CT molecular complexity index is 724. The molecule has 5 unspecified atom stereocenters. The number of hydrogen-bond donors (Lipinski definition) is 0. The second-order valence-electron chi connectivity index (χ2n) is 21.4. The van der Waals surface area contributed by atoms with Crippen molar-refractivity contribution in [3.05, 3.63) is 0 Å². The fourth-order valence-corrected chi connectivity index (χ4v) is 8.13. The highest BCUT2D eigenvalue weighted by molar-refractivity contribution is 5.16. The number of fused-ring (bicyclic) bond motifs is 1. The van der Waals surface area contributed by atoms with Gasteiger partial charge >= 0.3 is 0 Å². The van der Waals surface area contributed by atoms with Gasteiger partial charge in [0.25, 0.3) is 0 Å². The van der Waals surface area contributed by atoms with Crippen LogP contribution in [-0.4, -0.2) is 25.4 Å². The normalized spacial score (nSPS) is 34.4. The first-order valence-electron chi connectivity index (χ1n) is 17.8. The summed E-state index contributed by atoms with van der Waals surface area (Å²) in [5, 5.41) is 0. The summed E-state index contributed by atoms with van der Waals surface area (Å²) in [4.78, 5) is 0. The van der Waals surface area contributed by atoms with Crippen molar-refractivity contribution in [3.8, 4) is 0 Å². The van der Waals surface area contributed by atoms with Crippen LogP contribution in [0.15, 0.2) is 0 Å². The molecule has 2 aliphatic heterocycles. The Hall–Kier alpha value is -0.0800. The predicted octanol–water partition coefficient (Wildman–Crippen LogP) is 12.2. The van der Waals surface area contributed by atoms with Crippen molar-refractivity contribution in [2.45, 2.75) is 182 Å². The van der Waals surface area contributed by atoms with Crippen LogP contribution in [0.25, 0.3) is 0 Å². The summed E-state index contributed by atoms with van der Waals surface area (Å²) in [5.74, 6) is 3.48. The highest BCUT2D eigenvalue weighted by Gasteiger charge is 2.69. The lowest BCUT2D eigenvalue weighted by Crippen LogP contribution is -2.39. The van der Waals surface area contributed by atoms with E-state index in [0.29, 0.717) is 50.1 Å². The monoisotopic (exact) mass is 591 g/mol. The van der Waals surface area contributed by atoms with Crippen LogP contribution in [0.1, 0.15) is 170 Å². The molecule has 4 aliphatic rings. The lowest BCUT2D eigenvalue weighted by Gasteiger charge is -2.41. The summed E-state index contributed by atoms with van der Waals surface area (Å²) in [6.07, 6.45) is 10.7. The molecule has 2 aliphatic carbocycles. The van der Waals surface area contributed by atoms with Crippen LogP contribution >= 0.6 is 0 Å². The molecule has 2 heterocycles. The van der Waals surface area contributed by atoms with Crippen molar-refractivity contribution in [2.24, 2.45) is 61.6 Å². The maximum atomic E-state index is 6.01. The smallest absolute Gasteiger partial charge is 0.0658 e. The van der Waals surface area contributed by atoms with Gasteiger partial charge in [-0.15, -0.1) is 0 Å². The quantitative estimate of drug-likeness (QED) is 0.279. The molecule has 0 radical (unpaired) electrons. The zero-order valence-corrected chi connectivity index (χ0v) is 32.1. The van der Waals surface area contributed by atoms with Gasteiger partial charge in [0.2, 0.25) is 0 Å². The van der Waals surface area contributed by atoms with Crippen LogP contribution in [0.5, 0.6) is 0 Å². The van der Waals surface area contributed by atoms with E-state index < -0.39 is 0 Å². The zero-order valence-electron chi connectivity index (χ0n) is 32.1. The molecule has 2 nitrogen and oxygen atoms in total. The Morgan fingerprint density at radius 1 is 0.452 bits per heavy atom. The van der Waals surface area contributed by atoms with Gasteiger partial charge in [-0.1, -0.05) is 125 Å². The minimum absolute atomic E-state index is 0.308. The van der Waals surface area contributed by atoms with Crippen LogP contribution < -0.4 is 0 Å². The Balaban J connectivity index is 0.000000220. The third kappa shape index (κ3) is 9.96. The summed E-state index contributed by atoms with van der Waals surface area (Å²) in [5.41, 5.74) is 3.01. The average Bonchev–Trinajstić information content (AvgIpc) is 3.41.